The normalized spacial score (nSPS) is 16.9. The zero-order valence-corrected chi connectivity index (χ0v) is 22.0. The molecule has 0 spiro atoms. The van der Waals surface area contributed by atoms with Crippen molar-refractivity contribution < 1.29 is 4.74 Å². The van der Waals surface area contributed by atoms with Gasteiger partial charge in [0.15, 0.2) is 5.96 Å². The summed E-state index contributed by atoms with van der Waals surface area (Å²) in [5, 5.41) is 9.01. The lowest BCUT2D eigenvalue weighted by molar-refractivity contribution is 0.265. The first-order valence-corrected chi connectivity index (χ1v) is 12.6. The summed E-state index contributed by atoms with van der Waals surface area (Å²) in [4.78, 5) is 4.33. The molecule has 0 saturated carbocycles. The van der Waals surface area contributed by atoms with Gasteiger partial charge in [0, 0.05) is 25.3 Å². The molecule has 3 rings (SSSR count). The molecule has 0 bridgehead atoms. The second-order valence-electron chi connectivity index (χ2n) is 11.7. The van der Waals surface area contributed by atoms with Gasteiger partial charge in [0.1, 0.15) is 12.4 Å². The van der Waals surface area contributed by atoms with E-state index in [1.807, 2.05) is 12.1 Å². The van der Waals surface area contributed by atoms with Crippen molar-refractivity contribution in [2.75, 3.05) is 31.1 Å². The van der Waals surface area contributed by atoms with Gasteiger partial charge < -0.3 is 20.3 Å². The number of hydrogen-bond acceptors (Lipinski definition) is 3. The van der Waals surface area contributed by atoms with Gasteiger partial charge in [-0.3, -0.25) is 5.41 Å². The Kier molecular flexibility index (Phi) is 8.29. The van der Waals surface area contributed by atoms with E-state index in [-0.39, 0.29) is 10.8 Å². The second kappa shape index (κ2) is 10.8. The summed E-state index contributed by atoms with van der Waals surface area (Å²) in [5.41, 5.74) is 9.60. The molecule has 5 nitrogen and oxygen atoms in total. The number of likely N-dealkylation sites (tertiary alicyclic amines) is 1. The van der Waals surface area contributed by atoms with Crippen LogP contribution in [0.2, 0.25) is 0 Å². The van der Waals surface area contributed by atoms with E-state index >= 15 is 0 Å². The predicted molar refractivity (Wildman–Crippen MR) is 144 cm³/mol. The molecule has 1 aliphatic rings. The molecule has 2 aromatic carbocycles. The molecule has 1 unspecified atom stereocenters. The highest BCUT2D eigenvalue weighted by Crippen LogP contribution is 2.27. The summed E-state index contributed by atoms with van der Waals surface area (Å²) < 4.78 is 6.06. The molecule has 1 aliphatic heterocycles. The molecule has 1 fully saturated rings. The number of hydrogen-bond donors (Lipinski definition) is 2. The molecule has 3 N–H and O–H groups in total. The van der Waals surface area contributed by atoms with Crippen LogP contribution in [0.1, 0.15) is 65.5 Å². The lowest BCUT2D eigenvalue weighted by Gasteiger charge is -2.40. The van der Waals surface area contributed by atoms with Crippen molar-refractivity contribution in [3.8, 4) is 5.75 Å². The SMILES string of the molecule is CC1CCCN(C(=N)N(CC(C)(C)CN)c2ccc(OCc3ccc(C(C)(C)C)cc3)cc2)C1. The minimum Gasteiger partial charge on any atom is -0.489 e. The Morgan fingerprint density at radius 1 is 1.06 bits per heavy atom. The monoisotopic (exact) mass is 464 g/mol. The summed E-state index contributed by atoms with van der Waals surface area (Å²) in [7, 11) is 0. The quantitative estimate of drug-likeness (QED) is 0.388. The van der Waals surface area contributed by atoms with Crippen LogP contribution < -0.4 is 15.4 Å². The standard InChI is InChI=1S/C29H44N4O/c1-22-8-7-17-32(18-22)27(31)33(21-29(5,6)20-30)25-13-15-26(16-14-25)34-19-23-9-11-24(12-10-23)28(2,3)4/h9-16,22,31H,7-8,17-21,30H2,1-6H3. The number of nitrogens with one attached hydrogen (secondary N) is 1. The summed E-state index contributed by atoms with van der Waals surface area (Å²) >= 11 is 0. The molecular weight excluding hydrogens is 420 g/mol. The van der Waals surface area contributed by atoms with E-state index in [9.17, 15) is 0 Å². The average molecular weight is 465 g/mol. The Morgan fingerprint density at radius 3 is 2.26 bits per heavy atom. The fourth-order valence-corrected chi connectivity index (χ4v) is 4.32. The maximum atomic E-state index is 9.01. The van der Waals surface area contributed by atoms with E-state index in [0.29, 0.717) is 31.6 Å². The van der Waals surface area contributed by atoms with Crippen LogP contribution in [0.5, 0.6) is 5.75 Å². The molecule has 186 valence electrons. The van der Waals surface area contributed by atoms with Crippen LogP contribution in [0.25, 0.3) is 0 Å². The van der Waals surface area contributed by atoms with Gasteiger partial charge >= 0.3 is 0 Å². The number of nitrogens with zero attached hydrogens (tertiary/aromatic N) is 2. The Bertz CT molecular complexity index is 928. The molecule has 2 aromatic rings. The fourth-order valence-electron chi connectivity index (χ4n) is 4.32. The van der Waals surface area contributed by atoms with Gasteiger partial charge in [-0.15, -0.1) is 0 Å². The highest BCUT2D eigenvalue weighted by molar-refractivity contribution is 5.94. The van der Waals surface area contributed by atoms with Crippen LogP contribution in [-0.4, -0.2) is 37.0 Å². The predicted octanol–water partition coefficient (Wildman–Crippen LogP) is 6.02. The summed E-state index contributed by atoms with van der Waals surface area (Å²) in [6, 6.07) is 16.8. The largest absolute Gasteiger partial charge is 0.489 e. The number of ether oxygens (including phenoxy) is 1. The lowest BCUT2D eigenvalue weighted by Crippen LogP contribution is -2.51. The Hall–Kier alpha value is -2.53. The lowest BCUT2D eigenvalue weighted by atomic mass is 9.87. The van der Waals surface area contributed by atoms with Gasteiger partial charge in [0.25, 0.3) is 0 Å². The number of nitrogens with two attached hydrogens (primary N) is 1. The molecule has 1 heterocycles. The van der Waals surface area contributed by atoms with Gasteiger partial charge in [0.05, 0.1) is 0 Å². The van der Waals surface area contributed by atoms with Gasteiger partial charge in [0.2, 0.25) is 0 Å². The molecule has 5 heteroatoms. The molecule has 34 heavy (non-hydrogen) atoms. The van der Waals surface area contributed by atoms with Crippen LogP contribution in [0.4, 0.5) is 5.69 Å². The highest BCUT2D eigenvalue weighted by atomic mass is 16.5. The summed E-state index contributed by atoms with van der Waals surface area (Å²) in [6.07, 6.45) is 2.38. The number of anilines is 1. The van der Waals surface area contributed by atoms with E-state index in [0.717, 1.165) is 36.5 Å². The first-order chi connectivity index (χ1) is 16.0. The van der Waals surface area contributed by atoms with E-state index in [1.165, 1.54) is 12.0 Å². The first kappa shape index (κ1) is 26.1. The van der Waals surface area contributed by atoms with Gasteiger partial charge in [-0.2, -0.15) is 0 Å². The topological polar surface area (TPSA) is 65.6 Å². The van der Waals surface area contributed by atoms with E-state index in [1.54, 1.807) is 0 Å². The van der Waals surface area contributed by atoms with E-state index in [4.69, 9.17) is 15.9 Å². The van der Waals surface area contributed by atoms with Crippen LogP contribution in [0.3, 0.4) is 0 Å². The number of piperidine rings is 1. The maximum Gasteiger partial charge on any atom is 0.198 e. The maximum absolute atomic E-state index is 9.01. The van der Waals surface area contributed by atoms with Crippen LogP contribution in [0, 0.1) is 16.7 Å². The second-order valence-corrected chi connectivity index (χ2v) is 11.7. The van der Waals surface area contributed by atoms with Crippen LogP contribution in [-0.2, 0) is 12.0 Å². The van der Waals surface area contributed by atoms with E-state index < -0.39 is 0 Å². The molecule has 0 aromatic heterocycles. The number of benzene rings is 2. The van der Waals surface area contributed by atoms with Gasteiger partial charge in [-0.1, -0.05) is 65.8 Å². The van der Waals surface area contributed by atoms with Crippen LogP contribution >= 0.6 is 0 Å². The Morgan fingerprint density at radius 2 is 1.71 bits per heavy atom. The number of guanidine groups is 1. The number of rotatable bonds is 7. The van der Waals surface area contributed by atoms with Crippen LogP contribution in [0.15, 0.2) is 48.5 Å². The molecule has 0 radical (unpaired) electrons. The van der Waals surface area contributed by atoms with Crippen molar-refractivity contribution in [2.24, 2.45) is 17.1 Å². The molecule has 1 saturated heterocycles. The first-order valence-electron chi connectivity index (χ1n) is 12.6. The fraction of sp³-hybridized carbons (Fsp3) is 0.552. The van der Waals surface area contributed by atoms with Crippen molar-refractivity contribution in [1.82, 2.24) is 4.90 Å². The minimum absolute atomic E-state index is 0.0951. The smallest absolute Gasteiger partial charge is 0.198 e. The minimum atomic E-state index is -0.0951. The van der Waals surface area contributed by atoms with Crippen molar-refractivity contribution >= 4 is 11.6 Å². The van der Waals surface area contributed by atoms with Gasteiger partial charge in [-0.25, -0.2) is 0 Å². The Balaban J connectivity index is 1.70. The Labute approximate surface area is 206 Å². The molecular formula is C29H44N4O. The van der Waals surface area contributed by atoms with Crippen molar-refractivity contribution in [1.29, 1.82) is 5.41 Å². The zero-order chi connectivity index (χ0) is 24.9. The van der Waals surface area contributed by atoms with Crippen molar-refractivity contribution in [2.45, 2.75) is 66.4 Å². The highest BCUT2D eigenvalue weighted by Gasteiger charge is 2.28. The zero-order valence-electron chi connectivity index (χ0n) is 22.0. The van der Waals surface area contributed by atoms with Crippen molar-refractivity contribution in [3.63, 3.8) is 0 Å². The summed E-state index contributed by atoms with van der Waals surface area (Å²) in [5.74, 6) is 2.02. The average Bonchev–Trinajstić information content (AvgIpc) is 2.81. The third kappa shape index (κ3) is 6.99. The molecule has 0 amide bonds. The third-order valence-electron chi connectivity index (χ3n) is 6.72. The van der Waals surface area contributed by atoms with E-state index in [2.05, 4.69) is 87.7 Å². The van der Waals surface area contributed by atoms with Crippen molar-refractivity contribution in [3.05, 3.63) is 59.7 Å². The summed E-state index contributed by atoms with van der Waals surface area (Å²) in [6.45, 7) is 17.0. The van der Waals surface area contributed by atoms with Gasteiger partial charge in [-0.05, 0) is 71.5 Å². The molecule has 0 aliphatic carbocycles. The molecule has 1 atom stereocenters. The third-order valence-corrected chi connectivity index (χ3v) is 6.72.